The first-order chi connectivity index (χ1) is 10.9. The molecule has 0 aliphatic rings. The van der Waals surface area contributed by atoms with Gasteiger partial charge in [-0.25, -0.2) is 4.79 Å². The minimum absolute atomic E-state index is 0.284. The molecule has 0 heterocycles. The van der Waals surface area contributed by atoms with Gasteiger partial charge in [0.2, 0.25) is 0 Å². The summed E-state index contributed by atoms with van der Waals surface area (Å²) in [4.78, 5) is 10.8. The number of carbonyl (C=O) groups excluding carboxylic acids is 1. The van der Waals surface area contributed by atoms with Gasteiger partial charge in [0.05, 0.1) is 0 Å². The van der Waals surface area contributed by atoms with E-state index >= 15 is 0 Å². The summed E-state index contributed by atoms with van der Waals surface area (Å²) in [6.07, 6.45) is 4.51. The van der Waals surface area contributed by atoms with Crippen molar-refractivity contribution >= 4 is 14.4 Å². The van der Waals surface area contributed by atoms with Crippen LogP contribution < -0.4 is 11.1 Å². The van der Waals surface area contributed by atoms with Gasteiger partial charge >= 0.3 is 6.09 Å². The van der Waals surface area contributed by atoms with Gasteiger partial charge in [0.1, 0.15) is 5.60 Å². The largest absolute Gasteiger partial charge is 0.444 e. The maximum atomic E-state index is 10.8. The lowest BCUT2D eigenvalue weighted by Crippen LogP contribution is -2.41. The van der Waals surface area contributed by atoms with Crippen molar-refractivity contribution in [1.29, 1.82) is 0 Å². The molecular weight excluding hydrogens is 320 g/mol. The van der Waals surface area contributed by atoms with Gasteiger partial charge in [-0.05, 0) is 70.8 Å². The molecular formula is C18H40N2O3Si. The van der Waals surface area contributed by atoms with Crippen molar-refractivity contribution in [2.75, 3.05) is 19.7 Å². The van der Waals surface area contributed by atoms with Gasteiger partial charge in [-0.3, -0.25) is 0 Å². The lowest BCUT2D eigenvalue weighted by atomic mass is 10.0. The Morgan fingerprint density at radius 1 is 1.00 bits per heavy atom. The second kappa shape index (κ2) is 10.4. The fourth-order valence-corrected chi connectivity index (χ4v) is 3.25. The predicted octanol–water partition coefficient (Wildman–Crippen LogP) is 4.42. The Hall–Kier alpha value is -0.593. The normalized spacial score (nSPS) is 13.1. The van der Waals surface area contributed by atoms with Gasteiger partial charge in [0.15, 0.2) is 8.32 Å². The fraction of sp³-hybridized carbons (Fsp3) is 0.944. The highest BCUT2D eigenvalue weighted by Gasteiger charge is 2.36. The SMILES string of the molecule is CC(C)(CCCCCNCCCO[Si](C)(C)C(C)(C)C)OC(N)=O. The summed E-state index contributed by atoms with van der Waals surface area (Å²) in [6.45, 7) is 18.1. The molecule has 0 aromatic heterocycles. The van der Waals surface area contributed by atoms with Gasteiger partial charge in [-0.15, -0.1) is 0 Å². The van der Waals surface area contributed by atoms with E-state index < -0.39 is 20.0 Å². The number of carbonyl (C=O) groups is 1. The number of nitrogens with one attached hydrogen (secondary N) is 1. The lowest BCUT2D eigenvalue weighted by molar-refractivity contribution is 0.0372. The van der Waals surface area contributed by atoms with Crippen LogP contribution in [0.15, 0.2) is 0 Å². The van der Waals surface area contributed by atoms with Gasteiger partial charge in [-0.1, -0.05) is 27.2 Å². The van der Waals surface area contributed by atoms with Crippen LogP contribution in [0.4, 0.5) is 4.79 Å². The first-order valence-electron chi connectivity index (χ1n) is 9.20. The fourth-order valence-electron chi connectivity index (χ4n) is 2.17. The highest BCUT2D eigenvalue weighted by molar-refractivity contribution is 6.74. The Bertz CT molecular complexity index is 366. The molecule has 24 heavy (non-hydrogen) atoms. The molecule has 0 aromatic rings. The number of amides is 1. The van der Waals surface area contributed by atoms with Crippen LogP contribution in [0, 0.1) is 0 Å². The van der Waals surface area contributed by atoms with E-state index in [1.165, 1.54) is 0 Å². The van der Waals surface area contributed by atoms with Crippen molar-refractivity contribution in [2.24, 2.45) is 5.73 Å². The number of ether oxygens (including phenoxy) is 1. The van der Waals surface area contributed by atoms with Crippen molar-refractivity contribution in [3.8, 4) is 0 Å². The van der Waals surface area contributed by atoms with E-state index in [0.717, 1.165) is 51.8 Å². The Labute approximate surface area is 150 Å². The molecule has 0 aromatic carbocycles. The zero-order chi connectivity index (χ0) is 18.9. The Balaban J connectivity index is 3.54. The van der Waals surface area contributed by atoms with Crippen molar-refractivity contribution in [3.05, 3.63) is 0 Å². The molecule has 0 rings (SSSR count). The first-order valence-corrected chi connectivity index (χ1v) is 12.1. The lowest BCUT2D eigenvalue weighted by Gasteiger charge is -2.36. The minimum atomic E-state index is -1.59. The van der Waals surface area contributed by atoms with Gasteiger partial charge in [-0.2, -0.15) is 0 Å². The summed E-state index contributed by atoms with van der Waals surface area (Å²) < 4.78 is 11.2. The molecule has 6 heteroatoms. The molecule has 0 saturated carbocycles. The van der Waals surface area contributed by atoms with Crippen LogP contribution >= 0.6 is 0 Å². The molecule has 3 N–H and O–H groups in total. The molecule has 5 nitrogen and oxygen atoms in total. The summed E-state index contributed by atoms with van der Waals surface area (Å²) in [7, 11) is -1.59. The standard InChI is InChI=1S/C18H40N2O3Si/c1-17(2,3)24(6,7)22-15-11-14-20-13-10-8-9-12-18(4,5)23-16(19)21/h20H,8-15H2,1-7H3,(H2,19,21). The number of unbranched alkanes of at least 4 members (excludes halogenated alkanes) is 2. The van der Waals surface area contributed by atoms with Crippen molar-refractivity contribution in [3.63, 3.8) is 0 Å². The number of hydrogen-bond acceptors (Lipinski definition) is 4. The molecule has 0 aliphatic carbocycles. The molecule has 0 bridgehead atoms. The number of primary amides is 1. The van der Waals surface area contributed by atoms with Crippen LogP contribution in [0.1, 0.15) is 66.7 Å². The Kier molecular flexibility index (Phi) is 10.2. The Morgan fingerprint density at radius 2 is 1.58 bits per heavy atom. The molecule has 0 spiro atoms. The Morgan fingerprint density at radius 3 is 2.12 bits per heavy atom. The zero-order valence-corrected chi connectivity index (χ0v) is 18.0. The highest BCUT2D eigenvalue weighted by atomic mass is 28.4. The van der Waals surface area contributed by atoms with Crippen molar-refractivity contribution in [1.82, 2.24) is 5.32 Å². The maximum absolute atomic E-state index is 10.8. The summed E-state index contributed by atoms with van der Waals surface area (Å²) in [5.74, 6) is 0. The van der Waals surface area contributed by atoms with E-state index in [0.29, 0.717) is 0 Å². The van der Waals surface area contributed by atoms with E-state index in [2.05, 4.69) is 39.2 Å². The van der Waals surface area contributed by atoms with Crippen LogP contribution in [-0.2, 0) is 9.16 Å². The van der Waals surface area contributed by atoms with Gasteiger partial charge in [0.25, 0.3) is 0 Å². The van der Waals surface area contributed by atoms with Crippen LogP contribution in [0.2, 0.25) is 18.1 Å². The molecule has 0 fully saturated rings. The van der Waals surface area contributed by atoms with Crippen LogP contribution in [0.5, 0.6) is 0 Å². The van der Waals surface area contributed by atoms with Gasteiger partial charge in [0, 0.05) is 6.61 Å². The first kappa shape index (κ1) is 23.4. The summed E-state index contributed by atoms with van der Waals surface area (Å²) >= 11 is 0. The third-order valence-electron chi connectivity index (χ3n) is 4.78. The van der Waals surface area contributed by atoms with E-state index in [-0.39, 0.29) is 5.04 Å². The average molecular weight is 361 g/mol. The van der Waals surface area contributed by atoms with E-state index in [1.54, 1.807) is 0 Å². The maximum Gasteiger partial charge on any atom is 0.405 e. The van der Waals surface area contributed by atoms with Crippen LogP contribution in [0.3, 0.4) is 0 Å². The van der Waals surface area contributed by atoms with Crippen LogP contribution in [0.25, 0.3) is 0 Å². The number of rotatable bonds is 12. The van der Waals surface area contributed by atoms with E-state index in [1.807, 2.05) is 13.8 Å². The number of nitrogens with two attached hydrogens (primary N) is 1. The van der Waals surface area contributed by atoms with E-state index in [9.17, 15) is 4.79 Å². The second-order valence-corrected chi connectivity index (χ2v) is 13.5. The molecule has 0 atom stereocenters. The third kappa shape index (κ3) is 11.0. The van der Waals surface area contributed by atoms with Crippen LogP contribution in [-0.4, -0.2) is 39.7 Å². The monoisotopic (exact) mass is 360 g/mol. The second-order valence-electron chi connectivity index (χ2n) is 8.70. The van der Waals surface area contributed by atoms with E-state index in [4.69, 9.17) is 14.9 Å². The minimum Gasteiger partial charge on any atom is -0.444 e. The molecule has 0 radical (unpaired) electrons. The predicted molar refractivity (Wildman–Crippen MR) is 104 cm³/mol. The highest BCUT2D eigenvalue weighted by Crippen LogP contribution is 2.36. The van der Waals surface area contributed by atoms with Crippen molar-refractivity contribution < 1.29 is 14.0 Å². The zero-order valence-electron chi connectivity index (χ0n) is 17.0. The van der Waals surface area contributed by atoms with Gasteiger partial charge < -0.3 is 20.2 Å². The quantitative estimate of drug-likeness (QED) is 0.399. The number of hydrogen-bond donors (Lipinski definition) is 2. The molecule has 0 unspecified atom stereocenters. The molecule has 0 saturated heterocycles. The third-order valence-corrected chi connectivity index (χ3v) is 9.31. The molecule has 0 aliphatic heterocycles. The summed E-state index contributed by atoms with van der Waals surface area (Å²) in [6, 6.07) is 0. The summed E-state index contributed by atoms with van der Waals surface area (Å²) in [5.41, 5.74) is 4.60. The van der Waals surface area contributed by atoms with Crippen molar-refractivity contribution in [2.45, 2.75) is 90.5 Å². The molecule has 144 valence electrons. The topological polar surface area (TPSA) is 73.6 Å². The smallest absolute Gasteiger partial charge is 0.405 e. The molecule has 1 amide bonds. The summed E-state index contributed by atoms with van der Waals surface area (Å²) in [5, 5.41) is 3.75. The average Bonchev–Trinajstić information content (AvgIpc) is 2.37.